The van der Waals surface area contributed by atoms with Gasteiger partial charge in [-0.25, -0.2) is 0 Å². The minimum atomic E-state index is -0.858. The highest BCUT2D eigenvalue weighted by molar-refractivity contribution is 6.07. The average molecular weight is 265 g/mol. The van der Waals surface area contributed by atoms with Crippen molar-refractivity contribution in [1.82, 2.24) is 15.1 Å². The Morgan fingerprint density at radius 1 is 1.74 bits per heavy atom. The van der Waals surface area contributed by atoms with Crippen molar-refractivity contribution in [3.63, 3.8) is 0 Å². The van der Waals surface area contributed by atoms with Crippen molar-refractivity contribution in [3.8, 4) is 0 Å². The van der Waals surface area contributed by atoms with Gasteiger partial charge in [0.1, 0.15) is 5.41 Å². The number of carbonyl (C=O) groups is 1. The molecule has 0 aromatic carbocycles. The van der Waals surface area contributed by atoms with E-state index in [4.69, 9.17) is 10.9 Å². The second-order valence-corrected chi connectivity index (χ2v) is 5.24. The van der Waals surface area contributed by atoms with Gasteiger partial charge in [-0.3, -0.25) is 9.48 Å². The number of oxime groups is 1. The van der Waals surface area contributed by atoms with Crippen LogP contribution in [0, 0.1) is 11.3 Å². The first-order valence-corrected chi connectivity index (χ1v) is 6.23. The van der Waals surface area contributed by atoms with Crippen LogP contribution in [0.3, 0.4) is 0 Å². The van der Waals surface area contributed by atoms with Gasteiger partial charge in [-0.05, 0) is 24.8 Å². The molecule has 1 aliphatic carbocycles. The maximum atomic E-state index is 12.3. The van der Waals surface area contributed by atoms with Crippen LogP contribution in [0.1, 0.15) is 25.5 Å². The summed E-state index contributed by atoms with van der Waals surface area (Å²) in [6, 6.07) is 1.83. The predicted molar refractivity (Wildman–Crippen MR) is 69.3 cm³/mol. The van der Waals surface area contributed by atoms with Gasteiger partial charge in [-0.1, -0.05) is 12.1 Å². The molecule has 0 spiro atoms. The van der Waals surface area contributed by atoms with E-state index in [0.717, 1.165) is 5.69 Å². The smallest absolute Gasteiger partial charge is 0.234 e. The van der Waals surface area contributed by atoms with E-state index in [1.807, 2.05) is 26.2 Å². The molecular weight excluding hydrogens is 246 g/mol. The van der Waals surface area contributed by atoms with Gasteiger partial charge in [-0.15, -0.1) is 0 Å². The molecule has 0 unspecified atom stereocenters. The van der Waals surface area contributed by atoms with Crippen LogP contribution in [-0.4, -0.2) is 26.7 Å². The molecule has 0 atom stereocenters. The molecule has 2 rings (SSSR count). The number of carbonyl (C=O) groups excluding carboxylic acids is 1. The van der Waals surface area contributed by atoms with Gasteiger partial charge in [0.15, 0.2) is 5.84 Å². The first-order chi connectivity index (χ1) is 8.98. The van der Waals surface area contributed by atoms with E-state index in [9.17, 15) is 4.79 Å². The lowest BCUT2D eigenvalue weighted by atomic mass is 9.61. The first kappa shape index (κ1) is 13.4. The maximum absolute atomic E-state index is 12.3. The number of nitrogens with zero attached hydrogens (tertiary/aromatic N) is 3. The summed E-state index contributed by atoms with van der Waals surface area (Å²) in [6.07, 6.45) is 3.03. The summed E-state index contributed by atoms with van der Waals surface area (Å²) in [4.78, 5) is 12.3. The second kappa shape index (κ2) is 4.91. The van der Waals surface area contributed by atoms with E-state index in [1.54, 1.807) is 4.68 Å². The van der Waals surface area contributed by atoms with Crippen LogP contribution in [0.4, 0.5) is 0 Å². The zero-order valence-electron chi connectivity index (χ0n) is 11.1. The highest BCUT2D eigenvalue weighted by atomic mass is 16.4. The van der Waals surface area contributed by atoms with Crippen molar-refractivity contribution in [1.29, 1.82) is 0 Å². The van der Waals surface area contributed by atoms with Crippen LogP contribution >= 0.6 is 0 Å². The molecule has 19 heavy (non-hydrogen) atoms. The maximum Gasteiger partial charge on any atom is 0.234 e. The summed E-state index contributed by atoms with van der Waals surface area (Å²) in [5.41, 5.74) is 5.59. The molecule has 7 nitrogen and oxygen atoms in total. The summed E-state index contributed by atoms with van der Waals surface area (Å²) in [6.45, 7) is 2.38. The number of amidine groups is 1. The van der Waals surface area contributed by atoms with Crippen molar-refractivity contribution in [2.45, 2.75) is 26.3 Å². The fourth-order valence-corrected chi connectivity index (χ4v) is 2.63. The van der Waals surface area contributed by atoms with Crippen LogP contribution < -0.4 is 11.1 Å². The van der Waals surface area contributed by atoms with Crippen molar-refractivity contribution >= 4 is 11.7 Å². The highest BCUT2D eigenvalue weighted by Gasteiger charge is 2.52. The third kappa shape index (κ3) is 2.40. The van der Waals surface area contributed by atoms with Crippen molar-refractivity contribution < 1.29 is 10.0 Å². The predicted octanol–water partition coefficient (Wildman–Crippen LogP) is 0.199. The normalized spacial score (nSPS) is 26.8. The highest BCUT2D eigenvalue weighted by Crippen LogP contribution is 2.45. The summed E-state index contributed by atoms with van der Waals surface area (Å²) in [5.74, 6) is 0.191. The zero-order valence-corrected chi connectivity index (χ0v) is 11.1. The number of rotatable bonds is 4. The molecule has 1 heterocycles. The lowest BCUT2D eigenvalue weighted by molar-refractivity contribution is -0.133. The second-order valence-electron chi connectivity index (χ2n) is 5.24. The Labute approximate surface area is 111 Å². The third-order valence-corrected chi connectivity index (χ3v) is 3.63. The summed E-state index contributed by atoms with van der Waals surface area (Å²) in [7, 11) is 1.82. The van der Waals surface area contributed by atoms with Crippen LogP contribution in [0.5, 0.6) is 0 Å². The van der Waals surface area contributed by atoms with E-state index in [2.05, 4.69) is 15.6 Å². The van der Waals surface area contributed by atoms with Gasteiger partial charge in [0.25, 0.3) is 0 Å². The minimum absolute atomic E-state index is 0.0101. The van der Waals surface area contributed by atoms with Gasteiger partial charge in [0.05, 0.1) is 12.2 Å². The van der Waals surface area contributed by atoms with E-state index in [0.29, 0.717) is 25.3 Å². The third-order valence-electron chi connectivity index (χ3n) is 3.63. The molecule has 0 radical (unpaired) electrons. The van der Waals surface area contributed by atoms with E-state index >= 15 is 0 Å². The number of nitrogens with two attached hydrogens (primary N) is 1. The Hall–Kier alpha value is -2.05. The van der Waals surface area contributed by atoms with Crippen LogP contribution in [0.25, 0.3) is 0 Å². The lowest BCUT2D eigenvalue weighted by Gasteiger charge is -2.43. The fourth-order valence-electron chi connectivity index (χ4n) is 2.63. The molecule has 1 fully saturated rings. The number of nitrogens with one attached hydrogen (secondary N) is 1. The molecule has 0 saturated heterocycles. The molecule has 4 N–H and O–H groups in total. The van der Waals surface area contributed by atoms with Crippen LogP contribution in [0.15, 0.2) is 17.4 Å². The standard InChI is InChI=1S/C12H19N5O2/c1-8-5-12(6-8,10(13)16-19)11(18)14-7-9-3-4-17(2)15-9/h3-4,8,19H,5-7H2,1-2H3,(H2,13,16)(H,14,18). The monoisotopic (exact) mass is 265 g/mol. The van der Waals surface area contributed by atoms with Crippen LogP contribution in [-0.2, 0) is 18.4 Å². The molecule has 1 aliphatic rings. The number of amides is 1. The average Bonchev–Trinajstić information content (AvgIpc) is 2.76. The van der Waals surface area contributed by atoms with Crippen LogP contribution in [0.2, 0.25) is 0 Å². The van der Waals surface area contributed by atoms with E-state index in [-0.39, 0.29) is 11.7 Å². The quantitative estimate of drug-likeness (QED) is 0.313. The van der Waals surface area contributed by atoms with Gasteiger partial charge in [0, 0.05) is 13.2 Å². The minimum Gasteiger partial charge on any atom is -0.409 e. The van der Waals surface area contributed by atoms with Crippen molar-refractivity contribution in [2.24, 2.45) is 29.3 Å². The summed E-state index contributed by atoms with van der Waals surface area (Å²) < 4.78 is 1.67. The Morgan fingerprint density at radius 3 is 2.89 bits per heavy atom. The molecule has 1 aromatic rings. The lowest BCUT2D eigenvalue weighted by Crippen LogP contribution is -2.56. The summed E-state index contributed by atoms with van der Waals surface area (Å²) >= 11 is 0. The van der Waals surface area contributed by atoms with Gasteiger partial charge in [0.2, 0.25) is 5.91 Å². The van der Waals surface area contributed by atoms with Gasteiger partial charge in [-0.2, -0.15) is 5.10 Å². The van der Waals surface area contributed by atoms with Gasteiger partial charge >= 0.3 is 0 Å². The van der Waals surface area contributed by atoms with E-state index < -0.39 is 5.41 Å². The molecule has 0 aliphatic heterocycles. The Morgan fingerprint density at radius 2 is 2.42 bits per heavy atom. The fraction of sp³-hybridized carbons (Fsp3) is 0.583. The summed E-state index contributed by atoms with van der Waals surface area (Å²) in [5, 5.41) is 18.8. The molecule has 1 aromatic heterocycles. The number of aromatic nitrogens is 2. The number of aryl methyl sites for hydroxylation is 1. The molecular formula is C12H19N5O2. The molecule has 7 heteroatoms. The number of hydrogen-bond donors (Lipinski definition) is 3. The first-order valence-electron chi connectivity index (χ1n) is 6.23. The zero-order chi connectivity index (χ0) is 14.0. The van der Waals surface area contributed by atoms with Crippen molar-refractivity contribution in [2.75, 3.05) is 0 Å². The number of hydrogen-bond acceptors (Lipinski definition) is 4. The van der Waals surface area contributed by atoms with Crippen molar-refractivity contribution in [3.05, 3.63) is 18.0 Å². The van der Waals surface area contributed by atoms with Gasteiger partial charge < -0.3 is 16.3 Å². The molecule has 0 bridgehead atoms. The molecule has 1 saturated carbocycles. The Balaban J connectivity index is 2.01. The molecule has 104 valence electrons. The van der Waals surface area contributed by atoms with E-state index in [1.165, 1.54) is 0 Å². The molecule has 1 amide bonds. The SMILES string of the molecule is CC1CC(C(=O)NCc2ccn(C)n2)(/C(N)=N/O)C1. The largest absolute Gasteiger partial charge is 0.409 e. The topological polar surface area (TPSA) is 106 Å². The Kier molecular flexibility index (Phi) is 3.46. The Bertz CT molecular complexity index is 502.